The van der Waals surface area contributed by atoms with Gasteiger partial charge in [0.2, 0.25) is 0 Å². The van der Waals surface area contributed by atoms with Crippen molar-refractivity contribution in [3.63, 3.8) is 0 Å². The number of benzene rings is 4. The van der Waals surface area contributed by atoms with Gasteiger partial charge in [-0.2, -0.15) is 12.1 Å². The Labute approximate surface area is 268 Å². The normalized spacial score (nSPS) is 10.3. The molecule has 4 heteroatoms. The summed E-state index contributed by atoms with van der Waals surface area (Å²) in [6.45, 7) is 9.16. The molecule has 0 nitrogen and oxygen atoms in total. The Kier molecular flexibility index (Phi) is 14.9. The molecule has 6 aromatic carbocycles. The molecule has 6 rings (SSSR count). The molecule has 0 amide bonds. The molecule has 0 aromatic heterocycles. The van der Waals surface area contributed by atoms with Crippen LogP contribution in [0.5, 0.6) is 0 Å². The Bertz CT molecular complexity index is 1520. The molecule has 0 saturated carbocycles. The maximum absolute atomic E-state index is 2.37. The van der Waals surface area contributed by atoms with E-state index in [1.165, 1.54) is 116 Å². The van der Waals surface area contributed by atoms with E-state index in [1.807, 2.05) is 0 Å². The van der Waals surface area contributed by atoms with E-state index in [4.69, 9.17) is 0 Å². The Balaban J connectivity index is 0.000000237. The Hall–Kier alpha value is -1.71. The fraction of sp³-hybridized carbons (Fsp3) is 0.278. The second-order valence-electron chi connectivity index (χ2n) is 10.5. The third kappa shape index (κ3) is 9.15. The first-order chi connectivity index (χ1) is 18.5. The van der Waals surface area contributed by atoms with Crippen LogP contribution in [0.25, 0.3) is 43.1 Å². The number of hydrogen-bond acceptors (Lipinski definition) is 0. The smallest absolute Gasteiger partial charge is 1.00 e. The van der Waals surface area contributed by atoms with E-state index in [9.17, 15) is 0 Å². The number of halogens is 2. The molecule has 0 spiro atoms. The summed E-state index contributed by atoms with van der Waals surface area (Å²) in [7, 11) is 0. The van der Waals surface area contributed by atoms with Crippen LogP contribution in [0.15, 0.2) is 97.1 Å². The van der Waals surface area contributed by atoms with Crippen LogP contribution in [-0.4, -0.2) is 5.49 Å². The number of hydrogen-bond donors (Lipinski definition) is 0. The van der Waals surface area contributed by atoms with Gasteiger partial charge in [-0.3, -0.25) is 0 Å². The van der Waals surface area contributed by atoms with Crippen LogP contribution in [-0.2, 0) is 35.8 Å². The molecule has 0 fully saturated rings. The first-order valence-corrected chi connectivity index (χ1v) is 22.0. The van der Waals surface area contributed by atoms with Crippen LogP contribution in [0.3, 0.4) is 0 Å². The summed E-state index contributed by atoms with van der Waals surface area (Å²) >= 11 is 1.45. The van der Waals surface area contributed by atoms with Gasteiger partial charge in [0, 0.05) is 0 Å². The summed E-state index contributed by atoms with van der Waals surface area (Å²) in [4.78, 5) is 0. The minimum Gasteiger partial charge on any atom is -1.00 e. The van der Waals surface area contributed by atoms with Crippen molar-refractivity contribution in [3.05, 3.63) is 108 Å². The Morgan fingerprint density at radius 3 is 1.30 bits per heavy atom. The van der Waals surface area contributed by atoms with Crippen molar-refractivity contribution >= 4 is 48.6 Å². The van der Waals surface area contributed by atoms with Crippen LogP contribution >= 0.6 is 0 Å². The largest absolute Gasteiger partial charge is 1.00 e. The SMILES string of the molecule is CCCCc1cc2ccc3ccccc3c2[cH-]1.CCCCc1cc2ccc3ccccc3c2[cH-]1.C[Si](C)=[Hf+2].[Cl-].[Cl-]. The number of aryl methyl sites for hydroxylation is 2. The number of unbranched alkanes of at least 4 members (excludes halogenated alkanes) is 2. The minimum absolute atomic E-state index is 0. The summed E-state index contributed by atoms with van der Waals surface area (Å²) in [5.74, 6) is 0. The number of fused-ring (bicyclic) bond motifs is 6. The molecule has 0 N–H and O–H groups in total. The van der Waals surface area contributed by atoms with Crippen LogP contribution in [0.4, 0.5) is 0 Å². The summed E-state index contributed by atoms with van der Waals surface area (Å²) in [6, 6.07) is 35.6. The predicted octanol–water partition coefficient (Wildman–Crippen LogP) is 4.90. The summed E-state index contributed by atoms with van der Waals surface area (Å²) in [6.07, 6.45) is 7.52. The van der Waals surface area contributed by atoms with Gasteiger partial charge in [-0.25, -0.2) is 0 Å². The third-order valence-corrected chi connectivity index (χ3v) is 6.99. The molecule has 0 aliphatic heterocycles. The predicted molar refractivity (Wildman–Crippen MR) is 169 cm³/mol. The van der Waals surface area contributed by atoms with Gasteiger partial charge in [-0.1, -0.05) is 122 Å². The zero-order valence-corrected chi connectivity index (χ0v) is 30.3. The zero-order chi connectivity index (χ0) is 26.9. The molecular formula is C36H40Cl2HfSi-2. The molecule has 0 saturated heterocycles. The van der Waals surface area contributed by atoms with Crippen molar-refractivity contribution in [1.29, 1.82) is 0 Å². The van der Waals surface area contributed by atoms with Gasteiger partial charge < -0.3 is 24.8 Å². The first kappa shape index (κ1) is 34.5. The topological polar surface area (TPSA) is 0 Å². The number of rotatable bonds is 6. The average molecular weight is 750 g/mol. The van der Waals surface area contributed by atoms with E-state index in [-0.39, 0.29) is 30.3 Å². The van der Waals surface area contributed by atoms with Gasteiger partial charge in [-0.15, -0.1) is 56.9 Å². The second kappa shape index (κ2) is 17.3. The van der Waals surface area contributed by atoms with Crippen molar-refractivity contribution < 1.29 is 47.8 Å². The molecule has 40 heavy (non-hydrogen) atoms. The fourth-order valence-corrected chi connectivity index (χ4v) is 5.10. The molecule has 0 atom stereocenters. The first-order valence-electron chi connectivity index (χ1n) is 14.2. The van der Waals surface area contributed by atoms with Gasteiger partial charge in [0.15, 0.2) is 0 Å². The zero-order valence-electron chi connectivity index (χ0n) is 24.2. The summed E-state index contributed by atoms with van der Waals surface area (Å²) in [5, 5.41) is 11.0. The van der Waals surface area contributed by atoms with Gasteiger partial charge in [-0.05, 0) is 12.8 Å². The molecular weight excluding hydrogens is 710 g/mol. The fourth-order valence-electron chi connectivity index (χ4n) is 5.10. The Morgan fingerprint density at radius 2 is 0.925 bits per heavy atom. The maximum Gasteiger partial charge on any atom is -1.00 e. The molecule has 0 heterocycles. The minimum atomic E-state index is 0. The molecule has 6 aromatic rings. The monoisotopic (exact) mass is 750 g/mol. The molecule has 0 unspecified atom stereocenters. The van der Waals surface area contributed by atoms with Crippen LogP contribution in [0.1, 0.15) is 50.7 Å². The van der Waals surface area contributed by atoms with E-state index < -0.39 is 0 Å². The van der Waals surface area contributed by atoms with Crippen molar-refractivity contribution in [2.24, 2.45) is 0 Å². The Morgan fingerprint density at radius 1 is 0.575 bits per heavy atom. The van der Waals surface area contributed by atoms with E-state index >= 15 is 0 Å². The van der Waals surface area contributed by atoms with Gasteiger partial charge in [0.1, 0.15) is 0 Å². The van der Waals surface area contributed by atoms with Crippen molar-refractivity contribution in [1.82, 2.24) is 0 Å². The van der Waals surface area contributed by atoms with Gasteiger partial charge in [0.05, 0.1) is 0 Å². The molecule has 0 aliphatic rings. The van der Waals surface area contributed by atoms with Crippen LogP contribution in [0, 0.1) is 0 Å². The van der Waals surface area contributed by atoms with E-state index in [2.05, 4.69) is 124 Å². The van der Waals surface area contributed by atoms with E-state index in [1.54, 1.807) is 0 Å². The van der Waals surface area contributed by atoms with E-state index in [0.29, 0.717) is 0 Å². The van der Waals surface area contributed by atoms with Crippen molar-refractivity contribution in [3.8, 4) is 0 Å². The molecule has 0 aliphatic carbocycles. The van der Waals surface area contributed by atoms with Crippen LogP contribution in [0.2, 0.25) is 13.1 Å². The summed E-state index contributed by atoms with van der Waals surface area (Å²) < 4.78 is 0. The third-order valence-electron chi connectivity index (χ3n) is 6.99. The van der Waals surface area contributed by atoms with Gasteiger partial charge >= 0.3 is 41.6 Å². The van der Waals surface area contributed by atoms with Gasteiger partial charge in [0.25, 0.3) is 0 Å². The molecule has 0 radical (unpaired) electrons. The maximum atomic E-state index is 2.37. The van der Waals surface area contributed by atoms with Crippen LogP contribution < -0.4 is 24.8 Å². The quantitative estimate of drug-likeness (QED) is 0.168. The standard InChI is InChI=1S/2C17H17.C2H6Si.2ClH.Hf/c2*1-2-3-6-13-11-15-10-9-14-7-4-5-8-16(14)17(15)12-13;1-3-2;;;/h2*4-5,7-12H,2-3,6H2,1H3;1-2H3;2*1H;/q2*-1;;;;+2/p-2. The van der Waals surface area contributed by atoms with Crippen molar-refractivity contribution in [2.75, 3.05) is 0 Å². The average Bonchev–Trinajstić information content (AvgIpc) is 3.55. The van der Waals surface area contributed by atoms with Crippen molar-refractivity contribution in [2.45, 2.75) is 65.5 Å². The molecule has 0 bridgehead atoms. The summed E-state index contributed by atoms with van der Waals surface area (Å²) in [5.41, 5.74) is 3.23. The van der Waals surface area contributed by atoms with E-state index in [0.717, 1.165) is 0 Å². The second-order valence-corrected chi connectivity index (χ2v) is 23.3. The molecule has 208 valence electrons.